The summed E-state index contributed by atoms with van der Waals surface area (Å²) in [5, 5.41) is 5.34. The molecule has 25 heavy (non-hydrogen) atoms. The second-order valence-corrected chi connectivity index (χ2v) is 7.11. The van der Waals surface area contributed by atoms with Crippen molar-refractivity contribution in [1.82, 2.24) is 15.2 Å². The molecular formula is C17H19N3O4S. The highest BCUT2D eigenvalue weighted by Crippen LogP contribution is 2.17. The molecule has 1 heterocycles. The number of hydrogen-bond donors (Lipinski definition) is 2. The quantitative estimate of drug-likeness (QED) is 0.867. The summed E-state index contributed by atoms with van der Waals surface area (Å²) < 4.78 is 1.43. The minimum atomic E-state index is -0.685. The minimum absolute atomic E-state index is 0.0715. The molecule has 8 heteroatoms. The van der Waals surface area contributed by atoms with Crippen molar-refractivity contribution in [1.29, 1.82) is 0 Å². The van der Waals surface area contributed by atoms with Crippen LogP contribution >= 0.6 is 11.3 Å². The van der Waals surface area contributed by atoms with Gasteiger partial charge >= 0.3 is 10.9 Å². The summed E-state index contributed by atoms with van der Waals surface area (Å²) in [7, 11) is 0. The molecule has 1 saturated carbocycles. The summed E-state index contributed by atoms with van der Waals surface area (Å²) >= 11 is 0.899. The van der Waals surface area contributed by atoms with Crippen LogP contribution in [0.3, 0.4) is 0 Å². The summed E-state index contributed by atoms with van der Waals surface area (Å²) in [6, 6.07) is 6.22. The maximum Gasteiger partial charge on any atom is 0.321 e. The van der Waals surface area contributed by atoms with Crippen LogP contribution < -0.4 is 21.1 Å². The highest BCUT2D eigenvalue weighted by atomic mass is 32.1. The molecule has 1 aliphatic rings. The van der Waals surface area contributed by atoms with Gasteiger partial charge in [-0.15, -0.1) is 0 Å². The van der Waals surface area contributed by atoms with E-state index in [1.165, 1.54) is 0 Å². The van der Waals surface area contributed by atoms with Crippen LogP contribution in [0, 0.1) is 0 Å². The number of hydrogen-bond acceptors (Lipinski definition) is 5. The fourth-order valence-electron chi connectivity index (χ4n) is 3.02. The lowest BCUT2D eigenvalue weighted by atomic mass is 9.96. The molecule has 3 rings (SSSR count). The summed E-state index contributed by atoms with van der Waals surface area (Å²) in [6.07, 6.45) is 5.09. The molecule has 132 valence electrons. The van der Waals surface area contributed by atoms with E-state index in [0.717, 1.165) is 48.0 Å². The van der Waals surface area contributed by atoms with Gasteiger partial charge in [0.05, 0.1) is 5.39 Å². The van der Waals surface area contributed by atoms with E-state index in [1.807, 2.05) is 0 Å². The topological polar surface area (TPSA) is 97.3 Å². The average molecular weight is 361 g/mol. The van der Waals surface area contributed by atoms with Gasteiger partial charge in [0, 0.05) is 10.7 Å². The van der Waals surface area contributed by atoms with Gasteiger partial charge in [-0.3, -0.25) is 24.3 Å². The molecule has 3 amide bonds. The third-order valence-electron chi connectivity index (χ3n) is 4.28. The van der Waals surface area contributed by atoms with Gasteiger partial charge < -0.3 is 5.32 Å². The van der Waals surface area contributed by atoms with Gasteiger partial charge in [0.2, 0.25) is 5.91 Å². The van der Waals surface area contributed by atoms with Gasteiger partial charge in [0.25, 0.3) is 5.56 Å². The molecule has 0 spiro atoms. The van der Waals surface area contributed by atoms with Gasteiger partial charge in [-0.25, -0.2) is 4.79 Å². The van der Waals surface area contributed by atoms with Crippen molar-refractivity contribution in [3.8, 4) is 0 Å². The van der Waals surface area contributed by atoms with E-state index in [2.05, 4.69) is 10.6 Å². The first kappa shape index (κ1) is 17.3. The van der Waals surface area contributed by atoms with Gasteiger partial charge in [0.15, 0.2) is 0 Å². The first-order chi connectivity index (χ1) is 12.0. The number of nitrogens with one attached hydrogen (secondary N) is 2. The van der Waals surface area contributed by atoms with Crippen molar-refractivity contribution < 1.29 is 9.59 Å². The van der Waals surface area contributed by atoms with Crippen LogP contribution in [0.4, 0.5) is 4.79 Å². The van der Waals surface area contributed by atoms with Crippen molar-refractivity contribution in [3.63, 3.8) is 0 Å². The number of urea groups is 1. The SMILES string of the molecule is O=C(Cn1c(=O)sc2ccccc2c1=O)NC(=O)NC1CCCCC1. The van der Waals surface area contributed by atoms with E-state index in [9.17, 15) is 19.2 Å². The Labute approximate surface area is 147 Å². The fourth-order valence-corrected chi connectivity index (χ4v) is 3.88. The molecule has 1 aromatic heterocycles. The van der Waals surface area contributed by atoms with E-state index in [0.29, 0.717) is 10.1 Å². The Bertz CT molecular complexity index is 912. The molecular weight excluding hydrogens is 342 g/mol. The monoisotopic (exact) mass is 361 g/mol. The number of nitrogens with zero attached hydrogens (tertiary/aromatic N) is 1. The maximum absolute atomic E-state index is 12.4. The predicted octanol–water partition coefficient (Wildman–Crippen LogP) is 1.58. The van der Waals surface area contributed by atoms with Gasteiger partial charge in [-0.2, -0.15) is 0 Å². The number of benzene rings is 1. The Balaban J connectivity index is 1.68. The van der Waals surface area contributed by atoms with E-state index >= 15 is 0 Å². The van der Waals surface area contributed by atoms with Crippen LogP contribution in [0.25, 0.3) is 10.1 Å². The maximum atomic E-state index is 12.4. The van der Waals surface area contributed by atoms with E-state index < -0.39 is 28.9 Å². The molecule has 0 saturated heterocycles. The molecule has 2 aromatic rings. The number of imide groups is 1. The van der Waals surface area contributed by atoms with Crippen molar-refractivity contribution in [2.24, 2.45) is 0 Å². The van der Waals surface area contributed by atoms with E-state index in [1.54, 1.807) is 24.3 Å². The lowest BCUT2D eigenvalue weighted by molar-refractivity contribution is -0.120. The second kappa shape index (κ2) is 7.60. The van der Waals surface area contributed by atoms with Crippen LogP contribution in [0.1, 0.15) is 32.1 Å². The average Bonchev–Trinajstić information content (AvgIpc) is 2.59. The van der Waals surface area contributed by atoms with Crippen LogP contribution in [0.5, 0.6) is 0 Å². The van der Waals surface area contributed by atoms with Crippen LogP contribution in [0.15, 0.2) is 33.9 Å². The zero-order chi connectivity index (χ0) is 17.8. The van der Waals surface area contributed by atoms with Crippen LogP contribution in [0.2, 0.25) is 0 Å². The fraction of sp³-hybridized carbons (Fsp3) is 0.412. The summed E-state index contributed by atoms with van der Waals surface area (Å²) in [4.78, 5) is 47.9. The minimum Gasteiger partial charge on any atom is -0.335 e. The molecule has 0 atom stereocenters. The largest absolute Gasteiger partial charge is 0.335 e. The molecule has 1 fully saturated rings. The molecule has 2 N–H and O–H groups in total. The zero-order valence-electron chi connectivity index (χ0n) is 13.6. The standard InChI is InChI=1S/C17H19N3O4S/c21-14(19-16(23)18-11-6-2-1-3-7-11)10-20-15(22)12-8-4-5-9-13(12)25-17(20)24/h4-5,8-9,11H,1-3,6-7,10H2,(H2,18,19,21,23). The lowest BCUT2D eigenvalue weighted by Gasteiger charge is -2.22. The molecule has 0 bridgehead atoms. The number of fused-ring (bicyclic) bond motifs is 1. The highest BCUT2D eigenvalue weighted by molar-refractivity contribution is 7.16. The van der Waals surface area contributed by atoms with E-state index in [-0.39, 0.29) is 6.04 Å². The first-order valence-corrected chi connectivity index (χ1v) is 9.09. The zero-order valence-corrected chi connectivity index (χ0v) is 14.4. The van der Waals surface area contributed by atoms with Crippen molar-refractivity contribution in [2.75, 3.05) is 0 Å². The summed E-state index contributed by atoms with van der Waals surface area (Å²) in [5.74, 6) is -0.685. The third kappa shape index (κ3) is 4.14. The van der Waals surface area contributed by atoms with Crippen molar-refractivity contribution in [3.05, 3.63) is 44.3 Å². The molecule has 7 nitrogen and oxygen atoms in total. The van der Waals surface area contributed by atoms with E-state index in [4.69, 9.17) is 0 Å². The molecule has 0 aliphatic heterocycles. The molecule has 0 unspecified atom stereocenters. The van der Waals surface area contributed by atoms with Crippen LogP contribution in [-0.2, 0) is 11.3 Å². The van der Waals surface area contributed by atoms with Crippen molar-refractivity contribution in [2.45, 2.75) is 44.7 Å². The number of rotatable bonds is 3. The number of aromatic nitrogens is 1. The second-order valence-electron chi connectivity index (χ2n) is 6.11. The van der Waals surface area contributed by atoms with Gasteiger partial charge in [-0.1, -0.05) is 42.7 Å². The smallest absolute Gasteiger partial charge is 0.321 e. The normalized spacial score (nSPS) is 15.0. The first-order valence-electron chi connectivity index (χ1n) is 8.27. The van der Waals surface area contributed by atoms with Crippen LogP contribution in [-0.4, -0.2) is 22.5 Å². The highest BCUT2D eigenvalue weighted by Gasteiger charge is 2.18. The Morgan fingerprint density at radius 3 is 2.60 bits per heavy atom. The predicted molar refractivity (Wildman–Crippen MR) is 95.9 cm³/mol. The Morgan fingerprint density at radius 1 is 1.12 bits per heavy atom. The van der Waals surface area contributed by atoms with Gasteiger partial charge in [-0.05, 0) is 25.0 Å². The molecule has 0 radical (unpaired) electrons. The number of carbonyl (C=O) groups excluding carboxylic acids is 2. The summed E-state index contributed by atoms with van der Waals surface area (Å²) in [6.45, 7) is -0.475. The van der Waals surface area contributed by atoms with Crippen molar-refractivity contribution >= 4 is 33.4 Å². The number of carbonyl (C=O) groups is 2. The molecule has 1 aromatic carbocycles. The lowest BCUT2D eigenvalue weighted by Crippen LogP contribution is -2.47. The Morgan fingerprint density at radius 2 is 1.84 bits per heavy atom. The van der Waals surface area contributed by atoms with Gasteiger partial charge in [0.1, 0.15) is 6.54 Å². The Kier molecular flexibility index (Phi) is 5.28. The molecule has 1 aliphatic carbocycles. The third-order valence-corrected chi connectivity index (χ3v) is 5.25. The summed E-state index contributed by atoms with van der Waals surface area (Å²) in [5.41, 5.74) is -0.526. The number of amides is 3. The Hall–Kier alpha value is -2.48.